The van der Waals surface area contributed by atoms with E-state index >= 15 is 0 Å². The van der Waals surface area contributed by atoms with Gasteiger partial charge in [-0.1, -0.05) is 60.7 Å². The molecule has 15 heteroatoms. The zero-order valence-electron chi connectivity index (χ0n) is 44.3. The highest BCUT2D eigenvalue weighted by Crippen LogP contribution is 2.42. The van der Waals surface area contributed by atoms with Gasteiger partial charge in [0.1, 0.15) is 46.9 Å². The molecule has 390 valence electrons. The molecule has 5 rings (SSSR count). The number of unbranched alkanes of at least 4 members (excludes halogenated alkanes) is 2. The summed E-state index contributed by atoms with van der Waals surface area (Å²) < 4.78 is 41.8. The fourth-order valence-corrected chi connectivity index (χ4v) is 7.57. The lowest BCUT2D eigenvalue weighted by Crippen LogP contribution is -2.41. The van der Waals surface area contributed by atoms with E-state index in [1.165, 1.54) is 13.2 Å². The van der Waals surface area contributed by atoms with Gasteiger partial charge in [-0.3, -0.25) is 4.79 Å². The van der Waals surface area contributed by atoms with E-state index in [-0.39, 0.29) is 35.4 Å². The van der Waals surface area contributed by atoms with Crippen LogP contribution in [0.5, 0.6) is 17.2 Å². The number of ether oxygens (including phenoxy) is 6. The van der Waals surface area contributed by atoms with E-state index in [9.17, 15) is 19.2 Å². The lowest BCUT2D eigenvalue weighted by Gasteiger charge is -2.30. The molecule has 0 saturated heterocycles. The summed E-state index contributed by atoms with van der Waals surface area (Å²) in [5, 5.41) is 3.01. The number of rotatable bonds is 23. The third-order valence-electron chi connectivity index (χ3n) is 11.0. The largest absolute Gasteiger partial charge is 0.490 e. The number of hydrogen-bond donors (Lipinski definition) is 1. The van der Waals surface area contributed by atoms with Gasteiger partial charge in [-0.15, -0.1) is 0 Å². The van der Waals surface area contributed by atoms with Crippen LogP contribution in [-0.4, -0.2) is 98.3 Å². The Morgan fingerprint density at radius 1 is 0.583 bits per heavy atom. The lowest BCUT2D eigenvalue weighted by molar-refractivity contribution is 0.0200. The van der Waals surface area contributed by atoms with Crippen LogP contribution >= 0.6 is 0 Å². The van der Waals surface area contributed by atoms with Crippen LogP contribution in [0.2, 0.25) is 0 Å². The van der Waals surface area contributed by atoms with Crippen molar-refractivity contribution in [2.75, 3.05) is 58.3 Å². The molecule has 0 spiro atoms. The summed E-state index contributed by atoms with van der Waals surface area (Å²) in [7, 11) is 3.53. The van der Waals surface area contributed by atoms with Crippen molar-refractivity contribution in [2.45, 2.75) is 124 Å². The summed E-state index contributed by atoms with van der Waals surface area (Å²) in [6, 6.07) is 30.4. The topological polar surface area (TPSA) is 159 Å². The van der Waals surface area contributed by atoms with Gasteiger partial charge in [0.25, 0.3) is 0 Å². The first-order chi connectivity index (χ1) is 34.1. The van der Waals surface area contributed by atoms with Crippen LogP contribution in [0.1, 0.15) is 106 Å². The molecule has 3 amide bonds. The highest BCUT2D eigenvalue weighted by Gasteiger charge is 2.26. The first-order valence-corrected chi connectivity index (χ1v) is 24.9. The minimum atomic E-state index is -0.682. The van der Waals surface area contributed by atoms with E-state index in [1.807, 2.05) is 154 Å². The Bertz CT molecular complexity index is 2560. The van der Waals surface area contributed by atoms with Crippen LogP contribution in [0.3, 0.4) is 0 Å². The molecule has 0 saturated carbocycles. The number of methoxy groups -OCH3 is 1. The molecule has 0 bridgehead atoms. The van der Waals surface area contributed by atoms with Gasteiger partial charge in [-0.25, -0.2) is 14.4 Å². The van der Waals surface area contributed by atoms with Crippen LogP contribution in [0.15, 0.2) is 106 Å². The molecule has 0 aliphatic carbocycles. The smallest absolute Gasteiger partial charge is 0.410 e. The van der Waals surface area contributed by atoms with Gasteiger partial charge in [0.05, 0.1) is 7.11 Å². The maximum atomic E-state index is 14.0. The standard InChI is InChI=1S/C57H76N4O11/c1-55(2,3)70-52(63)58-31-18-19-33-60(53(64)71-56(4,5)6)35-22-36-61(54(65)72-57(7,8)9)34-21-20-32-59(10)44-29-27-43(28-30-44)46-37-45(62)49-47(67-39-41-23-14-12-15-24-41)38-48(50(66-11)51(49)69-46)68-40-42-25-16-13-17-26-42/h12-17,23-30,37-38H,18-22,31-36,39-40H2,1-11H3,(H,58,63). The van der Waals surface area contributed by atoms with Gasteiger partial charge >= 0.3 is 18.3 Å². The second kappa shape index (κ2) is 26.0. The minimum Gasteiger partial charge on any atom is -0.490 e. The molecular formula is C57H76N4O11. The first-order valence-electron chi connectivity index (χ1n) is 24.9. The third kappa shape index (κ3) is 18.4. The van der Waals surface area contributed by atoms with Gasteiger partial charge in [0, 0.05) is 69.7 Å². The molecule has 5 aromatic rings. The van der Waals surface area contributed by atoms with Crippen LogP contribution in [-0.2, 0) is 27.4 Å². The van der Waals surface area contributed by atoms with Gasteiger partial charge in [-0.2, -0.15) is 0 Å². The van der Waals surface area contributed by atoms with Gasteiger partial charge in [0.15, 0.2) is 16.8 Å². The molecule has 0 unspecified atom stereocenters. The van der Waals surface area contributed by atoms with Crippen LogP contribution < -0.4 is 29.9 Å². The number of anilines is 1. The fraction of sp³-hybridized carbons (Fsp3) is 0.474. The quantitative estimate of drug-likeness (QED) is 0.0488. The molecule has 1 N–H and O–H groups in total. The van der Waals surface area contributed by atoms with Gasteiger partial charge < -0.3 is 52.9 Å². The molecule has 0 aliphatic heterocycles. The van der Waals surface area contributed by atoms with Crippen molar-refractivity contribution in [1.29, 1.82) is 0 Å². The summed E-state index contributed by atoms with van der Waals surface area (Å²) in [4.78, 5) is 58.3. The number of nitrogens with zero attached hydrogens (tertiary/aromatic N) is 3. The minimum absolute atomic E-state index is 0.220. The Labute approximate surface area is 425 Å². The average Bonchev–Trinajstić information content (AvgIpc) is 3.31. The molecule has 15 nitrogen and oxygen atoms in total. The number of alkyl carbamates (subject to hydrolysis) is 1. The summed E-state index contributed by atoms with van der Waals surface area (Å²) in [5.74, 6) is 1.35. The molecule has 0 fully saturated rings. The number of amides is 3. The summed E-state index contributed by atoms with van der Waals surface area (Å²) >= 11 is 0. The number of benzene rings is 4. The number of hydrogen-bond acceptors (Lipinski definition) is 12. The molecule has 4 aromatic carbocycles. The van der Waals surface area contributed by atoms with Gasteiger partial charge in [0.2, 0.25) is 5.75 Å². The monoisotopic (exact) mass is 993 g/mol. The van der Waals surface area contributed by atoms with Crippen molar-refractivity contribution in [3.8, 4) is 28.6 Å². The average molecular weight is 993 g/mol. The number of fused-ring (bicyclic) bond motifs is 1. The van der Waals surface area contributed by atoms with Gasteiger partial charge in [-0.05, 0) is 130 Å². The zero-order valence-corrected chi connectivity index (χ0v) is 44.3. The maximum Gasteiger partial charge on any atom is 0.410 e. The third-order valence-corrected chi connectivity index (χ3v) is 11.0. The highest BCUT2D eigenvalue weighted by molar-refractivity contribution is 5.92. The Kier molecular flexibility index (Phi) is 20.2. The van der Waals surface area contributed by atoms with Crippen LogP contribution in [0.25, 0.3) is 22.3 Å². The van der Waals surface area contributed by atoms with Crippen molar-refractivity contribution in [2.24, 2.45) is 0 Å². The highest BCUT2D eigenvalue weighted by atomic mass is 16.6. The Morgan fingerprint density at radius 2 is 1.07 bits per heavy atom. The van der Waals surface area contributed by atoms with E-state index in [0.29, 0.717) is 87.8 Å². The summed E-state index contributed by atoms with van der Waals surface area (Å²) in [6.07, 6.45) is 1.96. The molecule has 1 aromatic heterocycles. The molecule has 0 atom stereocenters. The van der Waals surface area contributed by atoms with E-state index in [0.717, 1.165) is 23.2 Å². The second-order valence-electron chi connectivity index (χ2n) is 20.7. The van der Waals surface area contributed by atoms with Crippen molar-refractivity contribution in [3.05, 3.63) is 118 Å². The van der Waals surface area contributed by atoms with Crippen LogP contribution in [0.4, 0.5) is 20.1 Å². The van der Waals surface area contributed by atoms with E-state index in [2.05, 4.69) is 10.2 Å². The van der Waals surface area contributed by atoms with E-state index in [4.69, 9.17) is 32.8 Å². The van der Waals surface area contributed by atoms with E-state index < -0.39 is 35.1 Å². The van der Waals surface area contributed by atoms with Crippen molar-refractivity contribution >= 4 is 34.9 Å². The Morgan fingerprint density at radius 3 is 1.58 bits per heavy atom. The van der Waals surface area contributed by atoms with Crippen molar-refractivity contribution in [3.63, 3.8) is 0 Å². The summed E-state index contributed by atoms with van der Waals surface area (Å²) in [6.45, 7) is 19.7. The van der Waals surface area contributed by atoms with Crippen molar-refractivity contribution < 1.29 is 47.2 Å². The molecule has 1 heterocycles. The van der Waals surface area contributed by atoms with Crippen LogP contribution in [0, 0.1) is 0 Å². The molecule has 0 radical (unpaired) electrons. The zero-order chi connectivity index (χ0) is 52.5. The number of carbonyl (C=O) groups excluding carboxylic acids is 3. The Hall–Kier alpha value is -6.90. The van der Waals surface area contributed by atoms with E-state index in [1.54, 1.807) is 15.9 Å². The van der Waals surface area contributed by atoms with Crippen molar-refractivity contribution in [1.82, 2.24) is 15.1 Å². The predicted octanol–water partition coefficient (Wildman–Crippen LogP) is 12.0. The second-order valence-corrected chi connectivity index (χ2v) is 20.7. The molecule has 72 heavy (non-hydrogen) atoms. The lowest BCUT2D eigenvalue weighted by atomic mass is 10.1. The SMILES string of the molecule is COc1c(OCc2ccccc2)cc(OCc2ccccc2)c2c(=O)cc(-c3ccc(N(C)CCCCN(CCCN(CCCCNC(=O)OC(C)(C)C)C(=O)OC(C)(C)C)C(=O)OC(C)(C)C)cc3)oc12. The summed E-state index contributed by atoms with van der Waals surface area (Å²) in [5.41, 5.74) is 1.54. The number of carbonyl (C=O) groups is 3. The normalized spacial score (nSPS) is 11.7. The Balaban J connectivity index is 1.23. The first kappa shape index (κ1) is 56.0. The molecular weight excluding hydrogens is 917 g/mol. The fourth-order valence-electron chi connectivity index (χ4n) is 7.57. The maximum absolute atomic E-state index is 14.0. The predicted molar refractivity (Wildman–Crippen MR) is 282 cm³/mol. The number of nitrogens with one attached hydrogen (secondary N) is 1. The molecule has 0 aliphatic rings.